The molecule has 1 amide bonds. The van der Waals surface area contributed by atoms with Crippen LogP contribution in [0.3, 0.4) is 0 Å². The maximum Gasteiger partial charge on any atom is 0.221 e. The lowest BCUT2D eigenvalue weighted by molar-refractivity contribution is -0.121. The van der Waals surface area contributed by atoms with E-state index >= 15 is 0 Å². The van der Waals surface area contributed by atoms with Crippen molar-refractivity contribution in [2.24, 2.45) is 10.9 Å². The molecule has 0 fully saturated rings. The van der Waals surface area contributed by atoms with Crippen LogP contribution in [-0.2, 0) is 9.53 Å². The van der Waals surface area contributed by atoms with Crippen molar-refractivity contribution < 1.29 is 19.0 Å². The Morgan fingerprint density at radius 3 is 2.67 bits per heavy atom. The molecule has 1 aliphatic heterocycles. The van der Waals surface area contributed by atoms with Crippen LogP contribution < -0.4 is 25.4 Å². The van der Waals surface area contributed by atoms with E-state index in [0.29, 0.717) is 51.2 Å². The number of rotatable bonds is 12. The summed E-state index contributed by atoms with van der Waals surface area (Å²) in [7, 11) is 0. The van der Waals surface area contributed by atoms with E-state index in [4.69, 9.17) is 14.2 Å². The number of nitrogens with one attached hydrogen (secondary N) is 3. The number of benzene rings is 1. The second-order valence-electron chi connectivity index (χ2n) is 8.44. The minimum Gasteiger partial charge on any atom is -0.490 e. The normalized spacial score (nSPS) is 14.2. The van der Waals surface area contributed by atoms with Crippen LogP contribution in [0.25, 0.3) is 0 Å². The Morgan fingerprint density at radius 1 is 1.18 bits per heavy atom. The van der Waals surface area contributed by atoms with Gasteiger partial charge < -0.3 is 30.2 Å². The van der Waals surface area contributed by atoms with Gasteiger partial charge in [0.25, 0.3) is 0 Å². The largest absolute Gasteiger partial charge is 0.490 e. The highest BCUT2D eigenvalue weighted by Crippen LogP contribution is 2.32. The van der Waals surface area contributed by atoms with Crippen molar-refractivity contribution in [1.29, 1.82) is 0 Å². The number of halogens is 1. The molecule has 0 radical (unpaired) electrons. The predicted molar refractivity (Wildman–Crippen MR) is 144 cm³/mol. The monoisotopic (exact) mass is 576 g/mol. The Balaban J connectivity index is 0.00000544. The molecular weight excluding hydrogens is 535 g/mol. The molecule has 0 aliphatic carbocycles. The van der Waals surface area contributed by atoms with Gasteiger partial charge in [-0.2, -0.15) is 0 Å². The maximum atomic E-state index is 12.1. The van der Waals surface area contributed by atoms with E-state index in [0.717, 1.165) is 43.1 Å². The van der Waals surface area contributed by atoms with Gasteiger partial charge in [0.1, 0.15) is 0 Å². The molecule has 1 aromatic carbocycles. The van der Waals surface area contributed by atoms with Crippen molar-refractivity contribution in [3.8, 4) is 11.5 Å². The molecule has 1 unspecified atom stereocenters. The minimum absolute atomic E-state index is 0. The molecule has 0 bridgehead atoms. The van der Waals surface area contributed by atoms with Crippen molar-refractivity contribution in [2.75, 3.05) is 44.8 Å². The zero-order valence-corrected chi connectivity index (χ0v) is 22.8. The summed E-state index contributed by atoms with van der Waals surface area (Å²) in [4.78, 5) is 16.7. The molecule has 33 heavy (non-hydrogen) atoms. The average molecular weight is 577 g/mol. The lowest BCUT2D eigenvalue weighted by Gasteiger charge is -2.15. The van der Waals surface area contributed by atoms with Gasteiger partial charge in [0, 0.05) is 56.9 Å². The highest BCUT2D eigenvalue weighted by Gasteiger charge is 2.12. The number of carbonyl (C=O) groups is 1. The van der Waals surface area contributed by atoms with E-state index in [1.165, 1.54) is 0 Å². The van der Waals surface area contributed by atoms with Gasteiger partial charge in [-0.25, -0.2) is 0 Å². The number of nitrogens with zero attached hydrogens (tertiary/aromatic N) is 1. The van der Waals surface area contributed by atoms with E-state index in [9.17, 15) is 4.79 Å². The molecule has 2 rings (SSSR count). The molecule has 1 heterocycles. The molecule has 0 saturated heterocycles. The van der Waals surface area contributed by atoms with E-state index in [1.54, 1.807) is 0 Å². The van der Waals surface area contributed by atoms with Crippen molar-refractivity contribution in [2.45, 2.75) is 59.4 Å². The summed E-state index contributed by atoms with van der Waals surface area (Å²) in [5.74, 6) is 2.66. The van der Waals surface area contributed by atoms with E-state index in [2.05, 4.69) is 41.7 Å². The van der Waals surface area contributed by atoms with Crippen LogP contribution in [0.5, 0.6) is 11.5 Å². The highest BCUT2D eigenvalue weighted by atomic mass is 127. The standard InChI is InChI=1S/C24H40N4O4.HI/c1-5-19(4)27-23(29)10-12-26-24(25-11-6-13-30-17-18(2)3)28-20-8-9-21-22(16-20)32-15-7-14-31-21;/h8-9,16,18-19H,5-7,10-15,17H2,1-4H3,(H,27,29)(H2,25,26,28);1H. The van der Waals surface area contributed by atoms with Gasteiger partial charge in [-0.05, 0) is 37.8 Å². The number of ether oxygens (including phenoxy) is 3. The quantitative estimate of drug-likeness (QED) is 0.150. The Bertz CT molecular complexity index is 730. The fourth-order valence-corrected chi connectivity index (χ4v) is 2.94. The Hall–Kier alpha value is -1.75. The smallest absolute Gasteiger partial charge is 0.221 e. The van der Waals surface area contributed by atoms with Gasteiger partial charge in [-0.1, -0.05) is 20.8 Å². The second-order valence-corrected chi connectivity index (χ2v) is 8.44. The molecule has 0 saturated carbocycles. The molecule has 188 valence electrons. The third-order valence-corrected chi connectivity index (χ3v) is 4.84. The number of guanidine groups is 1. The summed E-state index contributed by atoms with van der Waals surface area (Å²) >= 11 is 0. The van der Waals surface area contributed by atoms with Crippen molar-refractivity contribution in [1.82, 2.24) is 10.6 Å². The number of fused-ring (bicyclic) bond motifs is 1. The van der Waals surface area contributed by atoms with Crippen molar-refractivity contribution in [3.05, 3.63) is 18.2 Å². The molecule has 1 aromatic rings. The average Bonchev–Trinajstić information content (AvgIpc) is 3.00. The summed E-state index contributed by atoms with van der Waals surface area (Å²) in [6.07, 6.45) is 2.98. The lowest BCUT2D eigenvalue weighted by Crippen LogP contribution is -2.37. The number of hydrogen-bond donors (Lipinski definition) is 3. The zero-order chi connectivity index (χ0) is 23.2. The SMILES string of the molecule is CCC(C)NC(=O)CCNC(=NCCCOCC(C)C)Nc1ccc2c(c1)OCCCO2.I. The summed E-state index contributed by atoms with van der Waals surface area (Å²) in [6, 6.07) is 5.94. The van der Waals surface area contributed by atoms with Crippen LogP contribution >= 0.6 is 24.0 Å². The summed E-state index contributed by atoms with van der Waals surface area (Å²) < 4.78 is 17.1. The van der Waals surface area contributed by atoms with Crippen LogP contribution in [0.15, 0.2) is 23.2 Å². The number of aliphatic imine (C=N–C) groups is 1. The highest BCUT2D eigenvalue weighted by molar-refractivity contribution is 14.0. The fourth-order valence-electron chi connectivity index (χ4n) is 2.94. The number of hydrogen-bond acceptors (Lipinski definition) is 5. The lowest BCUT2D eigenvalue weighted by atomic mass is 10.2. The van der Waals surface area contributed by atoms with E-state index in [-0.39, 0.29) is 35.9 Å². The molecular formula is C24H41IN4O4. The molecule has 0 aromatic heterocycles. The molecule has 9 heteroatoms. The van der Waals surface area contributed by atoms with Crippen LogP contribution in [0, 0.1) is 5.92 Å². The van der Waals surface area contributed by atoms with Crippen LogP contribution in [0.2, 0.25) is 0 Å². The molecule has 8 nitrogen and oxygen atoms in total. The zero-order valence-electron chi connectivity index (χ0n) is 20.4. The fraction of sp³-hybridized carbons (Fsp3) is 0.667. The first kappa shape index (κ1) is 29.3. The molecule has 1 atom stereocenters. The first-order valence-electron chi connectivity index (χ1n) is 11.8. The summed E-state index contributed by atoms with van der Waals surface area (Å²) in [5.41, 5.74) is 0.848. The van der Waals surface area contributed by atoms with Crippen molar-refractivity contribution in [3.63, 3.8) is 0 Å². The van der Waals surface area contributed by atoms with Crippen molar-refractivity contribution >= 4 is 41.5 Å². The second kappa shape index (κ2) is 16.8. The van der Waals surface area contributed by atoms with Crippen LogP contribution in [0.1, 0.15) is 53.4 Å². The molecule has 3 N–H and O–H groups in total. The van der Waals surface area contributed by atoms with Gasteiger partial charge in [0.05, 0.1) is 13.2 Å². The molecule has 1 aliphatic rings. The first-order chi connectivity index (χ1) is 15.5. The van der Waals surface area contributed by atoms with E-state index < -0.39 is 0 Å². The van der Waals surface area contributed by atoms with Crippen LogP contribution in [0.4, 0.5) is 5.69 Å². The van der Waals surface area contributed by atoms with Gasteiger partial charge in [0.15, 0.2) is 17.5 Å². The predicted octanol–water partition coefficient (Wildman–Crippen LogP) is 4.19. The maximum absolute atomic E-state index is 12.1. The summed E-state index contributed by atoms with van der Waals surface area (Å²) in [5, 5.41) is 9.55. The van der Waals surface area contributed by atoms with Gasteiger partial charge >= 0.3 is 0 Å². The molecule has 0 spiro atoms. The van der Waals surface area contributed by atoms with Gasteiger partial charge in [-0.3, -0.25) is 9.79 Å². The number of carbonyl (C=O) groups excluding carboxylic acids is 1. The third kappa shape index (κ3) is 12.3. The Kier molecular flexibility index (Phi) is 14.9. The van der Waals surface area contributed by atoms with Crippen LogP contribution in [-0.4, -0.2) is 57.4 Å². The summed E-state index contributed by atoms with van der Waals surface area (Å²) in [6.45, 7) is 12.2. The van der Waals surface area contributed by atoms with Gasteiger partial charge in [0.2, 0.25) is 5.91 Å². The number of amides is 1. The Morgan fingerprint density at radius 2 is 1.94 bits per heavy atom. The third-order valence-electron chi connectivity index (χ3n) is 4.84. The first-order valence-corrected chi connectivity index (χ1v) is 11.8. The topological polar surface area (TPSA) is 93.2 Å². The van der Waals surface area contributed by atoms with E-state index in [1.807, 2.05) is 25.1 Å². The number of anilines is 1. The Labute approximate surface area is 215 Å². The minimum atomic E-state index is 0. The van der Waals surface area contributed by atoms with Gasteiger partial charge in [-0.15, -0.1) is 24.0 Å².